The zero-order chi connectivity index (χ0) is 27.2. The van der Waals surface area contributed by atoms with Gasteiger partial charge in [0.05, 0.1) is 21.5 Å². The zero-order valence-corrected chi connectivity index (χ0v) is 24.3. The predicted molar refractivity (Wildman–Crippen MR) is 154 cm³/mol. The lowest BCUT2D eigenvalue weighted by Gasteiger charge is -2.40. The number of thioether (sulfide) groups is 1. The van der Waals surface area contributed by atoms with Crippen LogP contribution < -0.4 is 0 Å². The van der Waals surface area contributed by atoms with Crippen molar-refractivity contribution in [2.75, 3.05) is 25.4 Å². The Balaban J connectivity index is 1.47. The van der Waals surface area contributed by atoms with Crippen LogP contribution in [0.4, 0.5) is 0 Å². The largest absolute Gasteiger partial charge is 0.338 e. The number of carbonyl (C=O) groups is 2. The van der Waals surface area contributed by atoms with Crippen molar-refractivity contribution < 1.29 is 9.59 Å². The van der Waals surface area contributed by atoms with Crippen molar-refractivity contribution in [2.24, 2.45) is 0 Å². The second-order valence-corrected chi connectivity index (χ2v) is 11.4. The average molecular weight is 575 g/mol. The number of amides is 2. The predicted octanol–water partition coefficient (Wildman–Crippen LogP) is 6.28. The Labute approximate surface area is 238 Å². The van der Waals surface area contributed by atoms with E-state index in [1.54, 1.807) is 12.1 Å². The highest BCUT2D eigenvalue weighted by molar-refractivity contribution is 7.99. The van der Waals surface area contributed by atoms with Gasteiger partial charge in [-0.2, -0.15) is 0 Å². The summed E-state index contributed by atoms with van der Waals surface area (Å²) in [4.78, 5) is 29.5. The van der Waals surface area contributed by atoms with Crippen LogP contribution in [0.3, 0.4) is 0 Å². The zero-order valence-electron chi connectivity index (χ0n) is 22.0. The van der Waals surface area contributed by atoms with Crippen LogP contribution in [0.25, 0.3) is 17.1 Å². The van der Waals surface area contributed by atoms with Crippen LogP contribution in [0.5, 0.6) is 0 Å². The Bertz CT molecular complexity index is 1280. The molecule has 38 heavy (non-hydrogen) atoms. The number of hydrogen-bond donors (Lipinski definition) is 0. The molecule has 1 saturated heterocycles. The van der Waals surface area contributed by atoms with E-state index in [4.69, 9.17) is 23.2 Å². The first-order valence-corrected chi connectivity index (χ1v) is 14.7. The number of hydrogen-bond acceptors (Lipinski definition) is 5. The highest BCUT2D eigenvalue weighted by Gasteiger charge is 2.29. The first-order valence-electron chi connectivity index (χ1n) is 13.0. The molecular formula is C28H33Cl2N5O2S. The summed E-state index contributed by atoms with van der Waals surface area (Å²) in [6, 6.07) is 13.4. The second kappa shape index (κ2) is 13.0. The van der Waals surface area contributed by atoms with Crippen molar-refractivity contribution in [2.45, 2.75) is 57.7 Å². The molecule has 10 heteroatoms. The molecule has 1 aliphatic rings. The van der Waals surface area contributed by atoms with E-state index in [1.165, 1.54) is 11.8 Å². The van der Waals surface area contributed by atoms with Gasteiger partial charge in [-0.05, 0) is 38.5 Å². The minimum atomic E-state index is -0.000159. The molecule has 7 nitrogen and oxygen atoms in total. The molecule has 2 heterocycles. The minimum absolute atomic E-state index is 0.000159. The first-order chi connectivity index (χ1) is 18.3. The number of benzene rings is 2. The summed E-state index contributed by atoms with van der Waals surface area (Å²) in [5.41, 5.74) is 2.81. The molecule has 1 aromatic heterocycles. The number of aryl methyl sites for hydroxylation is 1. The van der Waals surface area contributed by atoms with Crippen LogP contribution in [0.2, 0.25) is 10.0 Å². The minimum Gasteiger partial charge on any atom is -0.338 e. The van der Waals surface area contributed by atoms with Crippen LogP contribution in [0.1, 0.15) is 45.1 Å². The lowest BCUT2D eigenvalue weighted by Crippen LogP contribution is -2.55. The van der Waals surface area contributed by atoms with Gasteiger partial charge < -0.3 is 9.80 Å². The summed E-state index contributed by atoms with van der Waals surface area (Å²) in [6.45, 7) is 7.82. The van der Waals surface area contributed by atoms with Gasteiger partial charge in [-0.25, -0.2) is 0 Å². The fourth-order valence-corrected chi connectivity index (χ4v) is 5.70. The van der Waals surface area contributed by atoms with E-state index < -0.39 is 0 Å². The molecule has 0 spiro atoms. The van der Waals surface area contributed by atoms with Crippen molar-refractivity contribution in [3.63, 3.8) is 0 Å². The van der Waals surface area contributed by atoms with Gasteiger partial charge in [-0.1, -0.05) is 84.6 Å². The van der Waals surface area contributed by atoms with Crippen molar-refractivity contribution in [3.8, 4) is 17.1 Å². The highest BCUT2D eigenvalue weighted by Crippen LogP contribution is 2.32. The molecule has 202 valence electrons. The fraction of sp³-hybridized carbons (Fsp3) is 0.429. The van der Waals surface area contributed by atoms with Crippen LogP contribution in [0.15, 0.2) is 47.6 Å². The third-order valence-corrected chi connectivity index (χ3v) is 8.38. The van der Waals surface area contributed by atoms with Gasteiger partial charge in [0, 0.05) is 37.7 Å². The molecule has 1 aliphatic heterocycles. The molecule has 0 aliphatic carbocycles. The number of nitrogens with zero attached hydrogens (tertiary/aromatic N) is 5. The molecule has 1 unspecified atom stereocenters. The second-order valence-electron chi connectivity index (χ2n) is 9.63. The Morgan fingerprint density at radius 3 is 2.45 bits per heavy atom. The standard InChI is InChI=1S/C28H33Cl2N5O2S/c1-4-5-6-7-25(36)34-15-14-33(17-20(34)3)26(37)18-38-28-32-31-27(21-10-8-19(2)9-11-21)35(28)22-12-13-23(29)24(30)16-22/h8-13,16,20H,4-7,14-15,17-18H2,1-3H3. The van der Waals surface area contributed by atoms with Crippen LogP contribution in [0, 0.1) is 6.92 Å². The Morgan fingerprint density at radius 1 is 1.00 bits per heavy atom. The number of piperazine rings is 1. The van der Waals surface area contributed by atoms with Crippen molar-refractivity contribution >= 4 is 46.8 Å². The maximum atomic E-state index is 13.2. The normalized spacial score (nSPS) is 15.7. The topological polar surface area (TPSA) is 71.3 Å². The Kier molecular flexibility index (Phi) is 9.74. The summed E-state index contributed by atoms with van der Waals surface area (Å²) >= 11 is 13.8. The van der Waals surface area contributed by atoms with E-state index in [1.807, 2.05) is 58.5 Å². The quantitative estimate of drug-likeness (QED) is 0.222. The van der Waals surface area contributed by atoms with Crippen molar-refractivity contribution in [3.05, 3.63) is 58.1 Å². The molecule has 3 aromatic rings. The summed E-state index contributed by atoms with van der Waals surface area (Å²) in [5, 5.41) is 10.4. The third-order valence-electron chi connectivity index (χ3n) is 6.72. The summed E-state index contributed by atoms with van der Waals surface area (Å²) in [5.74, 6) is 1.07. The molecule has 2 amide bonds. The SMILES string of the molecule is CCCCCC(=O)N1CCN(C(=O)CSc2nnc(-c3ccc(C)cc3)n2-c2ccc(Cl)c(Cl)c2)CC1C. The summed E-state index contributed by atoms with van der Waals surface area (Å²) in [6.07, 6.45) is 3.65. The number of carbonyl (C=O) groups excluding carboxylic acids is 2. The third kappa shape index (κ3) is 6.71. The van der Waals surface area contributed by atoms with Gasteiger partial charge >= 0.3 is 0 Å². The molecule has 0 saturated carbocycles. The molecule has 1 atom stereocenters. The average Bonchev–Trinajstić information content (AvgIpc) is 3.33. The summed E-state index contributed by atoms with van der Waals surface area (Å²) in [7, 11) is 0. The Morgan fingerprint density at radius 2 is 1.76 bits per heavy atom. The van der Waals surface area contributed by atoms with Crippen molar-refractivity contribution in [1.82, 2.24) is 24.6 Å². The molecule has 0 bridgehead atoms. The summed E-state index contributed by atoms with van der Waals surface area (Å²) < 4.78 is 1.90. The van der Waals surface area contributed by atoms with Gasteiger partial charge in [0.1, 0.15) is 0 Å². The maximum Gasteiger partial charge on any atom is 0.233 e. The number of halogens is 2. The van der Waals surface area contributed by atoms with E-state index >= 15 is 0 Å². The van der Waals surface area contributed by atoms with Gasteiger partial charge in [-0.3, -0.25) is 14.2 Å². The van der Waals surface area contributed by atoms with E-state index in [-0.39, 0.29) is 23.6 Å². The van der Waals surface area contributed by atoms with Crippen molar-refractivity contribution in [1.29, 1.82) is 0 Å². The van der Waals surface area contributed by atoms with Gasteiger partial charge in [0.25, 0.3) is 0 Å². The number of rotatable bonds is 9. The van der Waals surface area contributed by atoms with Gasteiger partial charge in [-0.15, -0.1) is 10.2 Å². The lowest BCUT2D eigenvalue weighted by molar-refractivity contribution is -0.141. The fourth-order valence-electron chi connectivity index (χ4n) is 4.55. The first kappa shape index (κ1) is 28.5. The van der Waals surface area contributed by atoms with E-state index in [9.17, 15) is 9.59 Å². The molecule has 4 rings (SSSR count). The number of aromatic nitrogens is 3. The molecule has 1 fully saturated rings. The molecule has 2 aromatic carbocycles. The molecule has 0 radical (unpaired) electrons. The molecule has 0 N–H and O–H groups in total. The maximum absolute atomic E-state index is 13.2. The van der Waals surface area contributed by atoms with E-state index in [0.717, 1.165) is 36.1 Å². The van der Waals surface area contributed by atoms with Crippen LogP contribution in [-0.4, -0.2) is 67.8 Å². The van der Waals surface area contributed by atoms with E-state index in [2.05, 4.69) is 17.1 Å². The lowest BCUT2D eigenvalue weighted by atomic mass is 10.1. The smallest absolute Gasteiger partial charge is 0.233 e. The van der Waals surface area contributed by atoms with Gasteiger partial charge in [0.15, 0.2) is 11.0 Å². The Hall–Kier alpha value is -2.55. The number of unbranched alkanes of at least 4 members (excludes halogenated alkanes) is 2. The monoisotopic (exact) mass is 573 g/mol. The molecular weight excluding hydrogens is 541 g/mol. The van der Waals surface area contributed by atoms with E-state index in [0.29, 0.717) is 47.1 Å². The van der Waals surface area contributed by atoms with Gasteiger partial charge in [0.2, 0.25) is 11.8 Å². The van der Waals surface area contributed by atoms with Crippen LogP contribution >= 0.6 is 35.0 Å². The van der Waals surface area contributed by atoms with Crippen LogP contribution in [-0.2, 0) is 9.59 Å². The highest BCUT2D eigenvalue weighted by atomic mass is 35.5.